The van der Waals surface area contributed by atoms with Crippen LogP contribution in [0.1, 0.15) is 66.7 Å². The Morgan fingerprint density at radius 1 is 0.842 bits per heavy atom. The Bertz CT molecular complexity index is 209. The second-order valence-electron chi connectivity index (χ2n) is 7.39. The molecule has 1 aliphatic rings. The van der Waals surface area contributed by atoms with Crippen molar-refractivity contribution >= 4 is 0 Å². The summed E-state index contributed by atoms with van der Waals surface area (Å²) in [5, 5.41) is 3.89. The molecule has 0 amide bonds. The van der Waals surface area contributed by atoms with Gasteiger partial charge < -0.3 is 10.2 Å². The number of nitrogens with zero attached hydrogens (tertiary/aromatic N) is 1. The highest BCUT2D eigenvalue weighted by molar-refractivity contribution is 4.77. The van der Waals surface area contributed by atoms with Crippen molar-refractivity contribution in [2.75, 3.05) is 19.6 Å². The smallest absolute Gasteiger partial charge is 0.0169 e. The van der Waals surface area contributed by atoms with Crippen molar-refractivity contribution in [2.24, 2.45) is 11.8 Å². The molecule has 0 aromatic heterocycles. The number of hydrogen-bond acceptors (Lipinski definition) is 2. The maximum absolute atomic E-state index is 3.89. The highest BCUT2D eigenvalue weighted by Gasteiger charge is 2.18. The maximum Gasteiger partial charge on any atom is 0.0169 e. The minimum Gasteiger partial charge on any atom is -0.310 e. The molecule has 0 bridgehead atoms. The normalized spacial score (nSPS) is 19.6. The number of rotatable bonds is 8. The van der Waals surface area contributed by atoms with E-state index >= 15 is 0 Å². The largest absolute Gasteiger partial charge is 0.310 e. The van der Waals surface area contributed by atoms with Gasteiger partial charge in [0, 0.05) is 18.6 Å². The predicted molar refractivity (Wildman–Crippen MR) is 85.6 cm³/mol. The zero-order chi connectivity index (χ0) is 14.3. The van der Waals surface area contributed by atoms with Crippen molar-refractivity contribution in [3.05, 3.63) is 0 Å². The van der Waals surface area contributed by atoms with Crippen LogP contribution >= 0.6 is 0 Å². The van der Waals surface area contributed by atoms with Gasteiger partial charge >= 0.3 is 0 Å². The van der Waals surface area contributed by atoms with E-state index in [9.17, 15) is 0 Å². The van der Waals surface area contributed by atoms with Crippen LogP contribution in [0.4, 0.5) is 0 Å². The molecule has 1 aliphatic heterocycles. The van der Waals surface area contributed by atoms with Crippen LogP contribution in [0, 0.1) is 11.8 Å². The van der Waals surface area contributed by atoms with Gasteiger partial charge in [-0.25, -0.2) is 0 Å². The predicted octanol–water partition coefficient (Wildman–Crippen LogP) is 3.91. The Balaban J connectivity index is 2.33. The molecule has 0 aromatic rings. The van der Waals surface area contributed by atoms with Crippen molar-refractivity contribution in [3.63, 3.8) is 0 Å². The lowest BCUT2D eigenvalue weighted by Gasteiger charge is -2.32. The number of hydrogen-bond donors (Lipinski definition) is 1. The topological polar surface area (TPSA) is 15.3 Å². The maximum atomic E-state index is 3.89. The molecule has 1 unspecified atom stereocenters. The Kier molecular flexibility index (Phi) is 8.01. The summed E-state index contributed by atoms with van der Waals surface area (Å²) in [5.41, 5.74) is 0. The summed E-state index contributed by atoms with van der Waals surface area (Å²) in [6, 6.07) is 1.32. The van der Waals surface area contributed by atoms with Gasteiger partial charge in [0.15, 0.2) is 0 Å². The molecule has 0 spiro atoms. The third-order valence-corrected chi connectivity index (χ3v) is 4.01. The van der Waals surface area contributed by atoms with Crippen molar-refractivity contribution < 1.29 is 0 Å². The summed E-state index contributed by atoms with van der Waals surface area (Å²) in [6.07, 6.45) is 6.84. The van der Waals surface area contributed by atoms with Gasteiger partial charge in [0.25, 0.3) is 0 Å². The first-order valence-corrected chi connectivity index (χ1v) is 8.45. The molecule has 2 nitrogen and oxygen atoms in total. The zero-order valence-electron chi connectivity index (χ0n) is 13.9. The molecule has 1 N–H and O–H groups in total. The van der Waals surface area contributed by atoms with Crippen LogP contribution in [0.25, 0.3) is 0 Å². The number of nitrogens with one attached hydrogen (secondary N) is 1. The van der Waals surface area contributed by atoms with E-state index in [1.165, 1.54) is 51.7 Å². The molecule has 1 atom stereocenters. The minimum absolute atomic E-state index is 0.626. The lowest BCUT2D eigenvalue weighted by atomic mass is 9.95. The summed E-state index contributed by atoms with van der Waals surface area (Å²) < 4.78 is 0. The van der Waals surface area contributed by atoms with Crippen LogP contribution in [0.2, 0.25) is 0 Å². The first-order valence-electron chi connectivity index (χ1n) is 8.45. The highest BCUT2D eigenvalue weighted by Crippen LogP contribution is 2.15. The van der Waals surface area contributed by atoms with E-state index in [-0.39, 0.29) is 0 Å². The Hall–Kier alpha value is -0.0800. The number of likely N-dealkylation sites (tertiary alicyclic amines) is 1. The van der Waals surface area contributed by atoms with Gasteiger partial charge in [-0.3, -0.25) is 0 Å². The van der Waals surface area contributed by atoms with Crippen LogP contribution in [0.15, 0.2) is 0 Å². The monoisotopic (exact) mass is 268 g/mol. The van der Waals surface area contributed by atoms with Gasteiger partial charge in [0.1, 0.15) is 0 Å². The van der Waals surface area contributed by atoms with Crippen molar-refractivity contribution in [1.29, 1.82) is 0 Å². The first-order chi connectivity index (χ1) is 8.97. The molecule has 0 saturated carbocycles. The van der Waals surface area contributed by atoms with E-state index in [4.69, 9.17) is 0 Å². The van der Waals surface area contributed by atoms with Crippen molar-refractivity contribution in [3.8, 4) is 0 Å². The lowest BCUT2D eigenvalue weighted by Crippen LogP contribution is -2.46. The van der Waals surface area contributed by atoms with Gasteiger partial charge in [0.2, 0.25) is 0 Å². The summed E-state index contributed by atoms with van der Waals surface area (Å²) in [5.74, 6) is 1.58. The molecule has 0 aliphatic carbocycles. The summed E-state index contributed by atoms with van der Waals surface area (Å²) >= 11 is 0. The van der Waals surface area contributed by atoms with Crippen LogP contribution in [-0.4, -0.2) is 36.6 Å². The minimum atomic E-state index is 0.626. The van der Waals surface area contributed by atoms with Gasteiger partial charge in [0.05, 0.1) is 0 Å². The molecule has 1 rings (SSSR count). The molecular weight excluding hydrogens is 232 g/mol. The van der Waals surface area contributed by atoms with E-state index < -0.39 is 0 Å². The van der Waals surface area contributed by atoms with E-state index in [1.54, 1.807) is 0 Å². The molecule has 0 radical (unpaired) electrons. The van der Waals surface area contributed by atoms with Crippen LogP contribution in [0.5, 0.6) is 0 Å². The summed E-state index contributed by atoms with van der Waals surface area (Å²) in [7, 11) is 0. The number of piperidine rings is 1. The molecule has 19 heavy (non-hydrogen) atoms. The van der Waals surface area contributed by atoms with E-state index in [2.05, 4.69) is 44.8 Å². The van der Waals surface area contributed by atoms with Gasteiger partial charge in [-0.05, 0) is 57.5 Å². The Morgan fingerprint density at radius 3 is 1.84 bits per heavy atom. The lowest BCUT2D eigenvalue weighted by molar-refractivity contribution is 0.198. The Morgan fingerprint density at radius 2 is 1.37 bits per heavy atom. The molecule has 1 heterocycles. The van der Waals surface area contributed by atoms with Crippen molar-refractivity contribution in [1.82, 2.24) is 10.2 Å². The average Bonchev–Trinajstić information content (AvgIpc) is 2.27. The van der Waals surface area contributed by atoms with Gasteiger partial charge in [-0.2, -0.15) is 0 Å². The van der Waals surface area contributed by atoms with Crippen LogP contribution in [-0.2, 0) is 0 Å². The van der Waals surface area contributed by atoms with Crippen LogP contribution < -0.4 is 5.32 Å². The fourth-order valence-electron chi connectivity index (χ4n) is 3.35. The fraction of sp³-hybridized carbons (Fsp3) is 1.00. The molecule has 1 fully saturated rings. The summed E-state index contributed by atoms with van der Waals surface area (Å²) in [6.45, 7) is 15.6. The second-order valence-corrected chi connectivity index (χ2v) is 7.39. The summed E-state index contributed by atoms with van der Waals surface area (Å²) in [4.78, 5) is 2.64. The molecule has 1 saturated heterocycles. The Labute approximate surface area is 121 Å². The molecule has 0 aromatic carbocycles. The van der Waals surface area contributed by atoms with Gasteiger partial charge in [-0.15, -0.1) is 0 Å². The van der Waals surface area contributed by atoms with E-state index in [1.807, 2.05) is 0 Å². The van der Waals surface area contributed by atoms with Crippen LogP contribution in [0.3, 0.4) is 0 Å². The zero-order valence-corrected chi connectivity index (χ0v) is 13.9. The average molecular weight is 268 g/mol. The highest BCUT2D eigenvalue weighted by atomic mass is 15.2. The third kappa shape index (κ3) is 7.94. The quantitative estimate of drug-likeness (QED) is 0.718. The van der Waals surface area contributed by atoms with Gasteiger partial charge in [-0.1, -0.05) is 34.1 Å². The molecule has 114 valence electrons. The third-order valence-electron chi connectivity index (χ3n) is 4.01. The standard InChI is InChI=1S/C17H36N2/c1-14(2)11-17(12-15(3)4)18-16(5)13-19-9-7-6-8-10-19/h14-18H,6-13H2,1-5H3. The molecule has 2 heteroatoms. The fourth-order valence-corrected chi connectivity index (χ4v) is 3.35. The van der Waals surface area contributed by atoms with Crippen molar-refractivity contribution in [2.45, 2.75) is 78.8 Å². The SMILES string of the molecule is CC(C)CC(CC(C)C)NC(C)CN1CCCCC1. The van der Waals surface area contributed by atoms with E-state index in [0.717, 1.165) is 11.8 Å². The van der Waals surface area contributed by atoms with E-state index in [0.29, 0.717) is 12.1 Å². The second kappa shape index (κ2) is 8.97. The molecular formula is C17H36N2. The first kappa shape index (κ1) is 17.0.